The van der Waals surface area contributed by atoms with Crippen LogP contribution in [0.15, 0.2) is 9.84 Å². The van der Waals surface area contributed by atoms with Crippen molar-refractivity contribution in [3.63, 3.8) is 0 Å². The highest BCUT2D eigenvalue weighted by molar-refractivity contribution is 14.1. The third-order valence-electron chi connectivity index (χ3n) is 3.61. The molecule has 0 aliphatic carbocycles. The largest absolute Gasteiger partial charge is 0.540 e. The Morgan fingerprint density at radius 2 is 1.59 bits per heavy atom. The maximum Gasteiger partial charge on any atom is 0.251 e. The normalized spacial score (nSPS) is 12.9. The zero-order valence-corrected chi connectivity index (χ0v) is 15.2. The second kappa shape index (κ2) is 10.4. The molecule has 0 aromatic heterocycles. The average Bonchev–Trinajstić information content (AvgIpc) is 2.36. The second-order valence-corrected chi connectivity index (χ2v) is 10.5. The highest BCUT2D eigenvalue weighted by Gasteiger charge is 2.30. The quantitative estimate of drug-likeness (QED) is 0.192. The van der Waals surface area contributed by atoms with Crippen molar-refractivity contribution in [2.75, 3.05) is 0 Å². The van der Waals surface area contributed by atoms with E-state index in [2.05, 4.69) is 56.4 Å². The van der Waals surface area contributed by atoms with E-state index in [4.69, 9.17) is 4.43 Å². The Hall–Kier alpha value is 0.487. The minimum Gasteiger partial charge on any atom is -0.540 e. The zero-order chi connectivity index (χ0) is 13.1. The molecule has 0 spiro atoms. The number of hydrogen-bond donors (Lipinski definition) is 0. The van der Waals surface area contributed by atoms with E-state index in [9.17, 15) is 0 Å². The Kier molecular flexibility index (Phi) is 10.7. The third kappa shape index (κ3) is 7.49. The van der Waals surface area contributed by atoms with Crippen LogP contribution in [0, 0.1) is 0 Å². The second-order valence-electron chi connectivity index (χ2n) is 4.70. The lowest BCUT2D eigenvalue weighted by atomic mass is 10.2. The molecule has 0 N–H and O–H groups in total. The van der Waals surface area contributed by atoms with Gasteiger partial charge in [0, 0.05) is 0 Å². The third-order valence-corrected chi connectivity index (χ3v) is 9.20. The van der Waals surface area contributed by atoms with Crippen LogP contribution in [0.5, 0.6) is 0 Å². The predicted octanol–water partition coefficient (Wildman–Crippen LogP) is 6.26. The zero-order valence-electron chi connectivity index (χ0n) is 12.0. The van der Waals surface area contributed by atoms with Gasteiger partial charge in [0.05, 0.1) is 0 Å². The van der Waals surface area contributed by atoms with Gasteiger partial charge >= 0.3 is 0 Å². The summed E-state index contributed by atoms with van der Waals surface area (Å²) in [6.45, 7) is 9.10. The Morgan fingerprint density at radius 3 is 2.06 bits per heavy atom. The van der Waals surface area contributed by atoms with Gasteiger partial charge in [0.2, 0.25) is 0 Å². The first-order valence-corrected chi connectivity index (χ1v) is 10.8. The fourth-order valence-electron chi connectivity index (χ4n) is 2.00. The van der Waals surface area contributed by atoms with Crippen LogP contribution >= 0.6 is 22.6 Å². The minimum atomic E-state index is -1.43. The highest BCUT2D eigenvalue weighted by Crippen LogP contribution is 2.27. The van der Waals surface area contributed by atoms with Crippen molar-refractivity contribution >= 4 is 30.9 Å². The van der Waals surface area contributed by atoms with Gasteiger partial charge < -0.3 is 4.43 Å². The summed E-state index contributed by atoms with van der Waals surface area (Å²) >= 11 is 2.37. The monoisotopic (exact) mass is 368 g/mol. The lowest BCUT2D eigenvalue weighted by Gasteiger charge is -2.28. The van der Waals surface area contributed by atoms with Crippen molar-refractivity contribution < 1.29 is 4.43 Å². The van der Waals surface area contributed by atoms with Gasteiger partial charge in [-0.3, -0.25) is 0 Å². The molecule has 0 atom stereocenters. The molecule has 17 heavy (non-hydrogen) atoms. The van der Waals surface area contributed by atoms with Crippen molar-refractivity contribution in [1.29, 1.82) is 0 Å². The highest BCUT2D eigenvalue weighted by atomic mass is 127. The molecule has 0 aromatic rings. The Morgan fingerprint density at radius 1 is 1.00 bits per heavy atom. The summed E-state index contributed by atoms with van der Waals surface area (Å²) in [5.41, 5.74) is 0. The predicted molar refractivity (Wildman–Crippen MR) is 89.1 cm³/mol. The van der Waals surface area contributed by atoms with Crippen LogP contribution in [-0.4, -0.2) is 8.32 Å². The standard InChI is InChI=1S/C14H29IOSi/c1-5-9-10-11-12-13-14(15)16-17(6-2,7-3)8-4/h13H,5-12H2,1-4H3/b14-13+. The SMILES string of the molecule is CCCCCC/C=C(\I)O[Si](CC)(CC)CC. The van der Waals surface area contributed by atoms with Gasteiger partial charge in [0.15, 0.2) is 0 Å². The van der Waals surface area contributed by atoms with E-state index in [0.29, 0.717) is 0 Å². The molecule has 0 fully saturated rings. The van der Waals surface area contributed by atoms with Crippen LogP contribution in [0.1, 0.15) is 59.8 Å². The molecule has 0 unspecified atom stereocenters. The van der Waals surface area contributed by atoms with Gasteiger partial charge in [-0.1, -0.05) is 47.0 Å². The van der Waals surface area contributed by atoms with Gasteiger partial charge in [-0.15, -0.1) is 0 Å². The minimum absolute atomic E-state index is 1.15. The molecule has 0 aliphatic heterocycles. The summed E-state index contributed by atoms with van der Waals surface area (Å²) in [5.74, 6) is 0. The number of unbranched alkanes of at least 4 members (excludes halogenated alkanes) is 4. The van der Waals surface area contributed by atoms with E-state index in [0.717, 1.165) is 3.77 Å². The fourth-order valence-corrected chi connectivity index (χ4v) is 6.14. The lowest BCUT2D eigenvalue weighted by molar-refractivity contribution is 0.448. The molecule has 3 heteroatoms. The summed E-state index contributed by atoms with van der Waals surface area (Å²) in [5, 5.41) is 0. The first-order chi connectivity index (χ1) is 8.14. The van der Waals surface area contributed by atoms with E-state index in [-0.39, 0.29) is 0 Å². The van der Waals surface area contributed by atoms with E-state index in [1.165, 1.54) is 50.2 Å². The van der Waals surface area contributed by atoms with Crippen molar-refractivity contribution in [2.24, 2.45) is 0 Å². The van der Waals surface area contributed by atoms with E-state index < -0.39 is 8.32 Å². The summed E-state index contributed by atoms with van der Waals surface area (Å²) in [7, 11) is -1.43. The van der Waals surface area contributed by atoms with Crippen LogP contribution < -0.4 is 0 Å². The van der Waals surface area contributed by atoms with Crippen molar-refractivity contribution in [3.8, 4) is 0 Å². The topological polar surface area (TPSA) is 9.23 Å². The van der Waals surface area contributed by atoms with Gasteiger partial charge in [-0.05, 0) is 59.6 Å². The van der Waals surface area contributed by atoms with Crippen LogP contribution in [0.25, 0.3) is 0 Å². The molecule has 0 saturated heterocycles. The average molecular weight is 368 g/mol. The van der Waals surface area contributed by atoms with Gasteiger partial charge in [-0.2, -0.15) is 0 Å². The molecular weight excluding hydrogens is 339 g/mol. The Labute approximate surface area is 123 Å². The summed E-state index contributed by atoms with van der Waals surface area (Å²) in [6.07, 6.45) is 8.81. The Bertz CT molecular complexity index is 204. The maximum atomic E-state index is 6.28. The molecule has 102 valence electrons. The van der Waals surface area contributed by atoms with Crippen LogP contribution in [-0.2, 0) is 4.43 Å². The fraction of sp³-hybridized carbons (Fsp3) is 0.857. The van der Waals surface area contributed by atoms with Gasteiger partial charge in [-0.25, -0.2) is 0 Å². The molecule has 0 radical (unpaired) electrons. The molecule has 0 rings (SSSR count). The summed E-state index contributed by atoms with van der Waals surface area (Å²) in [6, 6.07) is 3.70. The molecule has 0 bridgehead atoms. The number of rotatable bonds is 10. The van der Waals surface area contributed by atoms with E-state index in [1.807, 2.05) is 0 Å². The van der Waals surface area contributed by atoms with Crippen molar-refractivity contribution in [1.82, 2.24) is 0 Å². The molecule has 0 amide bonds. The number of halogens is 1. The number of hydrogen-bond acceptors (Lipinski definition) is 1. The molecule has 0 aromatic carbocycles. The Balaban J connectivity index is 4.03. The van der Waals surface area contributed by atoms with Gasteiger partial charge in [0.1, 0.15) is 3.77 Å². The maximum absolute atomic E-state index is 6.28. The van der Waals surface area contributed by atoms with Gasteiger partial charge in [0.25, 0.3) is 8.32 Å². The van der Waals surface area contributed by atoms with Crippen molar-refractivity contribution in [2.45, 2.75) is 77.9 Å². The van der Waals surface area contributed by atoms with Crippen LogP contribution in [0.3, 0.4) is 0 Å². The molecule has 1 nitrogen and oxygen atoms in total. The van der Waals surface area contributed by atoms with E-state index in [1.54, 1.807) is 0 Å². The van der Waals surface area contributed by atoms with E-state index >= 15 is 0 Å². The molecule has 0 saturated carbocycles. The first kappa shape index (κ1) is 17.5. The summed E-state index contributed by atoms with van der Waals surface area (Å²) in [4.78, 5) is 0. The molecule has 0 heterocycles. The summed E-state index contributed by atoms with van der Waals surface area (Å²) < 4.78 is 7.43. The first-order valence-electron chi connectivity index (χ1n) is 7.18. The van der Waals surface area contributed by atoms with Crippen LogP contribution in [0.2, 0.25) is 18.1 Å². The number of allylic oxidation sites excluding steroid dienone is 1. The molecule has 0 aliphatic rings. The van der Waals surface area contributed by atoms with Crippen LogP contribution in [0.4, 0.5) is 0 Å². The molecular formula is C14H29IOSi. The lowest BCUT2D eigenvalue weighted by Crippen LogP contribution is -2.34. The van der Waals surface area contributed by atoms with Crippen molar-refractivity contribution in [3.05, 3.63) is 9.84 Å². The smallest absolute Gasteiger partial charge is 0.251 e.